The fraction of sp³-hybridized carbons (Fsp3) is 0.417. The summed E-state index contributed by atoms with van der Waals surface area (Å²) in [4.78, 5) is 25.9. The van der Waals surface area contributed by atoms with Gasteiger partial charge < -0.3 is 20.1 Å². The van der Waals surface area contributed by atoms with Crippen molar-refractivity contribution in [3.05, 3.63) is 71.3 Å². The highest BCUT2D eigenvalue weighted by Gasteiger charge is 2.17. The third-order valence-electron chi connectivity index (χ3n) is 4.57. The van der Waals surface area contributed by atoms with Gasteiger partial charge in [-0.3, -0.25) is 9.69 Å². The smallest absolute Gasteiger partial charge is 0.407 e. The van der Waals surface area contributed by atoms with Crippen LogP contribution in [0.3, 0.4) is 0 Å². The van der Waals surface area contributed by atoms with E-state index >= 15 is 0 Å². The van der Waals surface area contributed by atoms with Gasteiger partial charge >= 0.3 is 12.1 Å². The van der Waals surface area contributed by atoms with Crippen LogP contribution in [0.5, 0.6) is 0 Å². The molecule has 2 rings (SSSR count). The summed E-state index contributed by atoms with van der Waals surface area (Å²) < 4.78 is 10.4. The van der Waals surface area contributed by atoms with E-state index in [1.807, 2.05) is 48.3 Å². The number of carbonyl (C=O) groups excluding carboxylic acids is 2. The van der Waals surface area contributed by atoms with Gasteiger partial charge in [0.2, 0.25) is 0 Å². The number of carbonyl (C=O) groups is 2. The molecule has 0 aliphatic heterocycles. The zero-order valence-electron chi connectivity index (χ0n) is 18.6. The molecule has 2 aromatic carbocycles. The van der Waals surface area contributed by atoms with E-state index in [-0.39, 0.29) is 25.2 Å². The Morgan fingerprint density at radius 3 is 2.48 bits per heavy atom. The molecule has 7 heteroatoms. The molecule has 31 heavy (non-hydrogen) atoms. The van der Waals surface area contributed by atoms with Gasteiger partial charge in [0.25, 0.3) is 0 Å². The van der Waals surface area contributed by atoms with Crippen LogP contribution >= 0.6 is 0 Å². The number of hydrogen-bond donors (Lipinski definition) is 2. The van der Waals surface area contributed by atoms with E-state index in [0.717, 1.165) is 5.56 Å². The normalized spacial score (nSPS) is 11.7. The number of aryl methyl sites for hydroxylation is 1. The molecule has 0 saturated heterocycles. The predicted octanol–water partition coefficient (Wildman–Crippen LogP) is 2.87. The van der Waals surface area contributed by atoms with Crippen LogP contribution in [0.2, 0.25) is 0 Å². The predicted molar refractivity (Wildman–Crippen MR) is 121 cm³/mol. The highest BCUT2D eigenvalue weighted by molar-refractivity contribution is 5.71. The van der Waals surface area contributed by atoms with Crippen molar-refractivity contribution >= 4 is 12.1 Å². The molecule has 1 amide bonds. The Hall–Kier alpha value is -2.90. The zero-order chi connectivity index (χ0) is 22.5. The number of ether oxygens (including phenoxy) is 2. The number of benzene rings is 2. The lowest BCUT2D eigenvalue weighted by atomic mass is 10.1. The van der Waals surface area contributed by atoms with Crippen LogP contribution in [0, 0.1) is 6.92 Å². The third-order valence-corrected chi connectivity index (χ3v) is 4.57. The van der Waals surface area contributed by atoms with Gasteiger partial charge in [-0.2, -0.15) is 0 Å². The molecule has 1 atom stereocenters. The van der Waals surface area contributed by atoms with Gasteiger partial charge in [-0.15, -0.1) is 0 Å². The third kappa shape index (κ3) is 10.1. The summed E-state index contributed by atoms with van der Waals surface area (Å²) in [6.45, 7) is 6.22. The maximum atomic E-state index is 12.3. The van der Waals surface area contributed by atoms with Crippen LogP contribution in [0.15, 0.2) is 54.6 Å². The van der Waals surface area contributed by atoms with Gasteiger partial charge in [0.05, 0.1) is 19.2 Å². The number of nitrogens with zero attached hydrogens (tertiary/aromatic N) is 1. The molecule has 0 saturated carbocycles. The Morgan fingerprint density at radius 2 is 1.77 bits per heavy atom. The Labute approximate surface area is 184 Å². The fourth-order valence-electron chi connectivity index (χ4n) is 3.17. The molecule has 2 aromatic rings. The molecule has 168 valence electrons. The number of hydrogen-bond acceptors (Lipinski definition) is 6. The number of alkyl carbamates (subject to hydrolysis) is 1. The van der Waals surface area contributed by atoms with Crippen LogP contribution < -0.4 is 10.6 Å². The minimum Gasteiger partial charge on any atom is -0.465 e. The molecule has 2 N–H and O–H groups in total. The molecule has 0 spiro atoms. The number of nitrogens with one attached hydrogen (secondary N) is 2. The lowest BCUT2D eigenvalue weighted by molar-refractivity contribution is -0.144. The first-order valence-electron chi connectivity index (χ1n) is 10.5. The molecule has 0 aliphatic carbocycles. The molecule has 0 heterocycles. The summed E-state index contributed by atoms with van der Waals surface area (Å²) in [5, 5.41) is 6.28. The topological polar surface area (TPSA) is 79.9 Å². The molecule has 0 aliphatic rings. The number of likely N-dealkylation sites (N-methyl/N-ethyl adjacent to an activating group) is 1. The van der Waals surface area contributed by atoms with E-state index in [1.54, 1.807) is 6.92 Å². The Bertz CT molecular complexity index is 813. The molecule has 1 unspecified atom stereocenters. The minimum absolute atomic E-state index is 0.156. The SMILES string of the molecule is CCOC(=O)CN(C)CC(CNCc1cccc(C)c1)NC(=O)OCc1ccccc1. The van der Waals surface area contributed by atoms with Crippen molar-refractivity contribution in [2.75, 3.05) is 33.3 Å². The summed E-state index contributed by atoms with van der Waals surface area (Å²) in [5.41, 5.74) is 3.30. The van der Waals surface area contributed by atoms with Crippen molar-refractivity contribution < 1.29 is 19.1 Å². The maximum absolute atomic E-state index is 12.3. The van der Waals surface area contributed by atoms with E-state index in [9.17, 15) is 9.59 Å². The monoisotopic (exact) mass is 427 g/mol. The van der Waals surface area contributed by atoms with Gasteiger partial charge in [-0.1, -0.05) is 60.2 Å². The molecule has 0 radical (unpaired) electrons. The van der Waals surface area contributed by atoms with Crippen LogP contribution in [0.1, 0.15) is 23.6 Å². The molecule has 0 aromatic heterocycles. The summed E-state index contributed by atoms with van der Waals surface area (Å²) in [6.07, 6.45) is -0.490. The molecule has 0 bridgehead atoms. The second-order valence-electron chi connectivity index (χ2n) is 7.52. The molecule has 7 nitrogen and oxygen atoms in total. The number of esters is 1. The molecular weight excluding hydrogens is 394 g/mol. The average Bonchev–Trinajstić information content (AvgIpc) is 2.73. The van der Waals surface area contributed by atoms with Gasteiger partial charge in [-0.25, -0.2) is 4.79 Å². The van der Waals surface area contributed by atoms with Crippen molar-refractivity contribution in [2.24, 2.45) is 0 Å². The lowest BCUT2D eigenvalue weighted by Crippen LogP contribution is -2.49. The Kier molecular flexibility index (Phi) is 10.5. The second kappa shape index (κ2) is 13.4. The quantitative estimate of drug-likeness (QED) is 0.507. The summed E-state index contributed by atoms with van der Waals surface area (Å²) in [7, 11) is 1.82. The number of amides is 1. The standard InChI is InChI=1S/C24H33N3O4/c1-4-30-23(28)17-27(3)16-22(15-25-14-21-12-8-9-19(2)13-21)26-24(29)31-18-20-10-6-5-7-11-20/h5-13,22,25H,4,14-18H2,1-3H3,(H,26,29). The number of rotatable bonds is 12. The first-order valence-corrected chi connectivity index (χ1v) is 10.5. The van der Waals surface area contributed by atoms with E-state index in [1.165, 1.54) is 11.1 Å². The lowest BCUT2D eigenvalue weighted by Gasteiger charge is -2.24. The van der Waals surface area contributed by atoms with Gasteiger partial charge in [0, 0.05) is 19.6 Å². The minimum atomic E-state index is -0.490. The highest BCUT2D eigenvalue weighted by Crippen LogP contribution is 2.04. The Balaban J connectivity index is 1.88. The second-order valence-corrected chi connectivity index (χ2v) is 7.52. The van der Waals surface area contributed by atoms with Gasteiger partial charge in [-0.05, 0) is 32.0 Å². The van der Waals surface area contributed by atoms with Crippen molar-refractivity contribution in [2.45, 2.75) is 33.0 Å². The average molecular weight is 428 g/mol. The van der Waals surface area contributed by atoms with Crippen molar-refractivity contribution in [1.82, 2.24) is 15.5 Å². The zero-order valence-corrected chi connectivity index (χ0v) is 18.6. The van der Waals surface area contributed by atoms with Crippen LogP contribution in [0.25, 0.3) is 0 Å². The first kappa shape index (κ1) is 24.4. The van der Waals surface area contributed by atoms with E-state index in [4.69, 9.17) is 9.47 Å². The highest BCUT2D eigenvalue weighted by atomic mass is 16.5. The van der Waals surface area contributed by atoms with E-state index < -0.39 is 6.09 Å². The maximum Gasteiger partial charge on any atom is 0.407 e. The first-order chi connectivity index (χ1) is 15.0. The molecular formula is C24H33N3O4. The van der Waals surface area contributed by atoms with Crippen LogP contribution in [0.4, 0.5) is 4.79 Å². The Morgan fingerprint density at radius 1 is 1.03 bits per heavy atom. The van der Waals surface area contributed by atoms with Gasteiger partial charge in [0.1, 0.15) is 6.61 Å². The fourth-order valence-corrected chi connectivity index (χ4v) is 3.17. The largest absolute Gasteiger partial charge is 0.465 e. The van der Waals surface area contributed by atoms with Crippen molar-refractivity contribution in [1.29, 1.82) is 0 Å². The van der Waals surface area contributed by atoms with Crippen molar-refractivity contribution in [3.63, 3.8) is 0 Å². The summed E-state index contributed by atoms with van der Waals surface area (Å²) >= 11 is 0. The van der Waals surface area contributed by atoms with Crippen molar-refractivity contribution in [3.8, 4) is 0 Å². The van der Waals surface area contributed by atoms with Gasteiger partial charge in [0.15, 0.2) is 0 Å². The van der Waals surface area contributed by atoms with E-state index in [2.05, 4.69) is 35.8 Å². The van der Waals surface area contributed by atoms with E-state index in [0.29, 0.717) is 26.2 Å². The van der Waals surface area contributed by atoms with Crippen LogP contribution in [-0.2, 0) is 27.4 Å². The molecule has 0 fully saturated rings. The summed E-state index contributed by atoms with van der Waals surface area (Å²) in [5.74, 6) is -0.289. The van der Waals surface area contributed by atoms with Crippen LogP contribution in [-0.4, -0.2) is 56.3 Å². The summed E-state index contributed by atoms with van der Waals surface area (Å²) in [6, 6.07) is 17.5.